The molecule has 2 aromatic carbocycles. The molecule has 0 aliphatic carbocycles. The fraction of sp³-hybridized carbons (Fsp3) is 0.143. The van der Waals surface area contributed by atoms with Crippen LogP contribution in [0.5, 0.6) is 5.75 Å². The molecule has 0 spiro atoms. The van der Waals surface area contributed by atoms with Crippen molar-refractivity contribution in [2.24, 2.45) is 0 Å². The molecule has 1 unspecified atom stereocenters. The highest BCUT2D eigenvalue weighted by Crippen LogP contribution is 2.25. The number of rotatable bonds is 6. The number of nitrogens with zero attached hydrogens (tertiary/aromatic N) is 1. The van der Waals surface area contributed by atoms with Crippen LogP contribution >= 0.6 is 11.6 Å². The summed E-state index contributed by atoms with van der Waals surface area (Å²) in [5, 5.41) is 0.652. The van der Waals surface area contributed by atoms with Gasteiger partial charge >= 0.3 is 5.97 Å². The summed E-state index contributed by atoms with van der Waals surface area (Å²) in [4.78, 5) is 16.6. The Balaban J connectivity index is 1.70. The number of pyridine rings is 1. The molecule has 1 atom stereocenters. The van der Waals surface area contributed by atoms with E-state index in [1.807, 2.05) is 55.5 Å². The lowest BCUT2D eigenvalue weighted by molar-refractivity contribution is -0.150. The van der Waals surface area contributed by atoms with Gasteiger partial charge in [0.2, 0.25) is 0 Å². The number of aryl methyl sites for hydroxylation is 1. The Morgan fingerprint density at radius 3 is 2.54 bits per heavy atom. The van der Waals surface area contributed by atoms with Crippen molar-refractivity contribution < 1.29 is 14.3 Å². The lowest BCUT2D eigenvalue weighted by Crippen LogP contribution is -2.19. The van der Waals surface area contributed by atoms with Gasteiger partial charge in [-0.25, -0.2) is 4.79 Å². The first-order chi connectivity index (χ1) is 12.6. The molecule has 0 radical (unpaired) electrons. The van der Waals surface area contributed by atoms with Gasteiger partial charge in [-0.05, 0) is 48.4 Å². The summed E-state index contributed by atoms with van der Waals surface area (Å²) in [6, 6.07) is 20.2. The van der Waals surface area contributed by atoms with E-state index in [2.05, 4.69) is 4.98 Å². The molecule has 0 fully saturated rings. The van der Waals surface area contributed by atoms with Crippen molar-refractivity contribution in [3.8, 4) is 5.75 Å². The van der Waals surface area contributed by atoms with Crippen LogP contribution in [0.2, 0.25) is 5.02 Å². The Hall–Kier alpha value is -2.85. The van der Waals surface area contributed by atoms with Crippen LogP contribution < -0.4 is 4.74 Å². The maximum atomic E-state index is 12.3. The van der Waals surface area contributed by atoms with Crippen molar-refractivity contribution in [3.05, 3.63) is 94.8 Å². The zero-order valence-electron chi connectivity index (χ0n) is 14.3. The summed E-state index contributed by atoms with van der Waals surface area (Å²) in [5.41, 5.74) is 2.39. The molecule has 132 valence electrons. The fourth-order valence-electron chi connectivity index (χ4n) is 2.47. The van der Waals surface area contributed by atoms with Gasteiger partial charge in [0.25, 0.3) is 0 Å². The molecule has 1 aromatic heterocycles. The normalized spacial score (nSPS) is 11.6. The molecule has 0 bridgehead atoms. The third kappa shape index (κ3) is 4.61. The van der Waals surface area contributed by atoms with E-state index >= 15 is 0 Å². The Morgan fingerprint density at radius 1 is 1.08 bits per heavy atom. The maximum Gasteiger partial charge on any atom is 0.345 e. The molecule has 1 heterocycles. The van der Waals surface area contributed by atoms with Gasteiger partial charge in [-0.1, -0.05) is 48.0 Å². The number of benzene rings is 2. The van der Waals surface area contributed by atoms with Crippen LogP contribution in [0, 0.1) is 6.92 Å². The van der Waals surface area contributed by atoms with Gasteiger partial charge in [-0.2, -0.15) is 0 Å². The number of halogens is 1. The van der Waals surface area contributed by atoms with E-state index in [4.69, 9.17) is 21.1 Å². The molecule has 5 heteroatoms. The molecule has 26 heavy (non-hydrogen) atoms. The summed E-state index contributed by atoms with van der Waals surface area (Å²) >= 11 is 5.99. The second-order valence-corrected chi connectivity index (χ2v) is 6.14. The summed E-state index contributed by atoms with van der Waals surface area (Å²) in [5.74, 6) is 0.0926. The Kier molecular flexibility index (Phi) is 5.87. The standard InChI is InChI=1S/C21H18ClNO3/c1-15-13-17(10-11-18(15)22)25-14-20(24)26-21(16-7-3-2-4-8-16)19-9-5-6-12-23-19/h2-13,21H,14H2,1H3. The van der Waals surface area contributed by atoms with E-state index in [9.17, 15) is 4.79 Å². The molecular weight excluding hydrogens is 350 g/mol. The lowest BCUT2D eigenvalue weighted by Gasteiger charge is -2.18. The summed E-state index contributed by atoms with van der Waals surface area (Å²) in [6.07, 6.45) is 1.09. The Morgan fingerprint density at radius 2 is 1.85 bits per heavy atom. The molecule has 0 aliphatic heterocycles. The van der Waals surface area contributed by atoms with Crippen LogP contribution in [0.25, 0.3) is 0 Å². The SMILES string of the molecule is Cc1cc(OCC(=O)OC(c2ccccc2)c2ccccn2)ccc1Cl. The smallest absolute Gasteiger partial charge is 0.345 e. The van der Waals surface area contributed by atoms with Crippen LogP contribution in [0.15, 0.2) is 72.9 Å². The van der Waals surface area contributed by atoms with Crippen molar-refractivity contribution in [3.63, 3.8) is 0 Å². The van der Waals surface area contributed by atoms with Gasteiger partial charge in [-0.15, -0.1) is 0 Å². The predicted molar refractivity (Wildman–Crippen MR) is 100 cm³/mol. The van der Waals surface area contributed by atoms with Crippen molar-refractivity contribution >= 4 is 17.6 Å². The topological polar surface area (TPSA) is 48.4 Å². The van der Waals surface area contributed by atoms with E-state index < -0.39 is 12.1 Å². The van der Waals surface area contributed by atoms with Crippen LogP contribution in [-0.4, -0.2) is 17.6 Å². The van der Waals surface area contributed by atoms with Gasteiger partial charge in [0, 0.05) is 11.2 Å². The highest BCUT2D eigenvalue weighted by atomic mass is 35.5. The van der Waals surface area contributed by atoms with Crippen molar-refractivity contribution in [2.75, 3.05) is 6.61 Å². The molecule has 3 rings (SSSR count). The first-order valence-electron chi connectivity index (χ1n) is 8.18. The van der Waals surface area contributed by atoms with E-state index in [1.165, 1.54) is 0 Å². The molecule has 0 aliphatic rings. The summed E-state index contributed by atoms with van der Waals surface area (Å²) < 4.78 is 11.2. The molecule has 0 saturated heterocycles. The minimum absolute atomic E-state index is 0.197. The first kappa shape index (κ1) is 18.0. The zero-order valence-corrected chi connectivity index (χ0v) is 15.0. The van der Waals surface area contributed by atoms with Crippen LogP contribution in [0.1, 0.15) is 22.9 Å². The minimum atomic E-state index is -0.583. The third-order valence-electron chi connectivity index (χ3n) is 3.79. The number of carbonyl (C=O) groups is 1. The van der Waals surface area contributed by atoms with Gasteiger partial charge < -0.3 is 9.47 Å². The number of hydrogen-bond acceptors (Lipinski definition) is 4. The summed E-state index contributed by atoms with van der Waals surface area (Å²) in [6.45, 7) is 1.68. The second kappa shape index (κ2) is 8.50. The third-order valence-corrected chi connectivity index (χ3v) is 4.22. The first-order valence-corrected chi connectivity index (χ1v) is 8.55. The molecule has 0 saturated carbocycles. The average molecular weight is 368 g/mol. The Labute approximate surface area is 157 Å². The van der Waals surface area contributed by atoms with Crippen LogP contribution in [0.4, 0.5) is 0 Å². The number of ether oxygens (including phenoxy) is 2. The molecule has 0 amide bonds. The van der Waals surface area contributed by atoms with Crippen LogP contribution in [0.3, 0.4) is 0 Å². The van der Waals surface area contributed by atoms with E-state index in [-0.39, 0.29) is 6.61 Å². The lowest BCUT2D eigenvalue weighted by atomic mass is 10.1. The molecule has 3 aromatic rings. The molecule has 4 nitrogen and oxygen atoms in total. The van der Waals surface area contributed by atoms with Gasteiger partial charge in [-0.3, -0.25) is 4.98 Å². The average Bonchev–Trinajstić information content (AvgIpc) is 2.68. The van der Waals surface area contributed by atoms with Crippen LogP contribution in [-0.2, 0) is 9.53 Å². The van der Waals surface area contributed by atoms with Crippen molar-refractivity contribution in [2.45, 2.75) is 13.0 Å². The van der Waals surface area contributed by atoms with E-state index in [1.54, 1.807) is 24.4 Å². The minimum Gasteiger partial charge on any atom is -0.482 e. The Bertz CT molecular complexity index is 829. The quantitative estimate of drug-likeness (QED) is 0.589. The van der Waals surface area contributed by atoms with Gasteiger partial charge in [0.15, 0.2) is 12.7 Å². The highest BCUT2D eigenvalue weighted by Gasteiger charge is 2.20. The van der Waals surface area contributed by atoms with Gasteiger partial charge in [0.05, 0.1) is 5.69 Å². The maximum absolute atomic E-state index is 12.3. The number of esters is 1. The fourth-order valence-corrected chi connectivity index (χ4v) is 2.59. The van der Waals surface area contributed by atoms with E-state index in [0.717, 1.165) is 11.1 Å². The van der Waals surface area contributed by atoms with E-state index in [0.29, 0.717) is 16.5 Å². The number of aromatic nitrogens is 1. The number of hydrogen-bond donors (Lipinski definition) is 0. The largest absolute Gasteiger partial charge is 0.482 e. The second-order valence-electron chi connectivity index (χ2n) is 5.73. The van der Waals surface area contributed by atoms with Crippen molar-refractivity contribution in [1.82, 2.24) is 4.98 Å². The molecule has 0 N–H and O–H groups in total. The highest BCUT2D eigenvalue weighted by molar-refractivity contribution is 6.31. The number of carbonyl (C=O) groups excluding carboxylic acids is 1. The zero-order chi connectivity index (χ0) is 18.4. The summed E-state index contributed by atoms with van der Waals surface area (Å²) in [7, 11) is 0. The molecular formula is C21H18ClNO3. The predicted octanol–water partition coefficient (Wildman–Crippen LogP) is 4.76. The monoisotopic (exact) mass is 367 g/mol. The van der Waals surface area contributed by atoms with Gasteiger partial charge in [0.1, 0.15) is 5.75 Å². The van der Waals surface area contributed by atoms with Crippen molar-refractivity contribution in [1.29, 1.82) is 0 Å².